The van der Waals surface area contributed by atoms with Gasteiger partial charge in [-0.15, -0.1) is 0 Å². The number of carbonyl (C=O) groups is 3. The number of aliphatic hydroxyl groups excluding tert-OH is 3. The van der Waals surface area contributed by atoms with Crippen LogP contribution in [0.25, 0.3) is 0 Å². The largest absolute Gasteiger partial charge is 0.465 e. The van der Waals surface area contributed by atoms with E-state index in [1.165, 1.54) is 20.8 Å². The van der Waals surface area contributed by atoms with E-state index in [1.807, 2.05) is 19.2 Å². The summed E-state index contributed by atoms with van der Waals surface area (Å²) in [5, 5.41) is 36.0. The molecule has 42 heavy (non-hydrogen) atoms. The van der Waals surface area contributed by atoms with Crippen LogP contribution in [-0.2, 0) is 28.6 Å². The van der Waals surface area contributed by atoms with E-state index in [9.17, 15) is 29.7 Å². The number of carbonyl (C=O) groups excluding carboxylic acids is 3. The van der Waals surface area contributed by atoms with Crippen molar-refractivity contribution >= 4 is 35.5 Å². The van der Waals surface area contributed by atoms with Crippen LogP contribution in [0.3, 0.4) is 0 Å². The molecule has 4 aliphatic rings. The van der Waals surface area contributed by atoms with E-state index in [4.69, 9.17) is 26.4 Å². The predicted molar refractivity (Wildman–Crippen MR) is 158 cm³/mol. The zero-order valence-electron chi connectivity index (χ0n) is 25.7. The van der Waals surface area contributed by atoms with Gasteiger partial charge in [-0.3, -0.25) is 14.4 Å². The molecule has 13 atom stereocenters. The molecule has 0 spiro atoms. The van der Waals surface area contributed by atoms with Crippen LogP contribution >= 0.6 is 12.2 Å². The van der Waals surface area contributed by atoms with Gasteiger partial charge in [0.25, 0.3) is 0 Å². The average Bonchev–Trinajstić information content (AvgIpc) is 2.91. The Labute approximate surface area is 255 Å². The summed E-state index contributed by atoms with van der Waals surface area (Å²) in [6.45, 7) is 8.07. The lowest BCUT2D eigenvalue weighted by atomic mass is 9.47. The summed E-state index contributed by atoms with van der Waals surface area (Å²) in [6.07, 6.45) is 2.44. The topological polar surface area (TPSA) is 140 Å². The lowest BCUT2D eigenvalue weighted by Gasteiger charge is -2.60. The number of thiocarbonyl (C=S) groups is 1. The molecule has 0 aliphatic heterocycles. The molecule has 9 unspecified atom stereocenters. The summed E-state index contributed by atoms with van der Waals surface area (Å²) in [6, 6.07) is 0. The highest BCUT2D eigenvalue weighted by atomic mass is 32.1. The second-order valence-corrected chi connectivity index (χ2v) is 14.4. The Bertz CT molecular complexity index is 1020. The van der Waals surface area contributed by atoms with Crippen molar-refractivity contribution in [2.45, 2.75) is 110 Å². The number of hydrogen-bond donors (Lipinski definition) is 3. The lowest BCUT2D eigenvalue weighted by Crippen LogP contribution is -2.66. The van der Waals surface area contributed by atoms with Crippen molar-refractivity contribution in [3.63, 3.8) is 0 Å². The third-order valence-electron chi connectivity index (χ3n) is 11.8. The van der Waals surface area contributed by atoms with Crippen LogP contribution in [0.1, 0.15) is 86.0 Å². The van der Waals surface area contributed by atoms with E-state index in [1.54, 1.807) is 0 Å². The zero-order valence-corrected chi connectivity index (χ0v) is 26.5. The maximum absolute atomic E-state index is 12.2. The summed E-state index contributed by atoms with van der Waals surface area (Å²) < 4.78 is 16.7. The molecule has 10 heteroatoms. The van der Waals surface area contributed by atoms with Crippen molar-refractivity contribution in [1.82, 2.24) is 0 Å². The highest BCUT2D eigenvalue weighted by molar-refractivity contribution is 7.78. The van der Waals surface area contributed by atoms with Crippen LogP contribution in [-0.4, -0.2) is 76.2 Å². The molecule has 0 aromatic carbocycles. The van der Waals surface area contributed by atoms with E-state index in [2.05, 4.69) is 0 Å². The van der Waals surface area contributed by atoms with Gasteiger partial charge in [-0.25, -0.2) is 0 Å². The lowest BCUT2D eigenvalue weighted by molar-refractivity contribution is -0.244. The van der Waals surface area contributed by atoms with Crippen LogP contribution in [0.4, 0.5) is 0 Å². The number of rotatable bonds is 8. The summed E-state index contributed by atoms with van der Waals surface area (Å²) in [4.78, 5) is 35.8. The van der Waals surface area contributed by atoms with Crippen molar-refractivity contribution in [3.05, 3.63) is 0 Å². The average molecular weight is 611 g/mol. The second kappa shape index (κ2) is 13.2. The fourth-order valence-electron chi connectivity index (χ4n) is 9.72. The fraction of sp³-hybridized carbons (Fsp3) is 0.875. The van der Waals surface area contributed by atoms with E-state index in [-0.39, 0.29) is 54.7 Å². The number of hydrogen-bond acceptors (Lipinski definition) is 10. The monoisotopic (exact) mass is 610 g/mol. The molecule has 9 nitrogen and oxygen atoms in total. The van der Waals surface area contributed by atoms with E-state index >= 15 is 0 Å². The van der Waals surface area contributed by atoms with Crippen molar-refractivity contribution in [2.24, 2.45) is 52.3 Å². The number of aliphatic hydroxyl groups is 3. The van der Waals surface area contributed by atoms with Crippen molar-refractivity contribution in [3.8, 4) is 0 Å². The Balaban J connectivity index is 1.64. The Hall–Kier alpha value is -1.62. The van der Waals surface area contributed by atoms with Crippen molar-refractivity contribution < 1.29 is 43.9 Å². The SMILES string of the molecule is CC(=O)OC[C@@]1(C)C(O)CCC2C(CC=S)C(C3CC4CC(C)C(O)[C@H](OC(C)=O)[C@]4(COC(C)=O)[C@H](O)C3)CCC21. The molecule has 4 saturated carbocycles. The minimum absolute atomic E-state index is 0.117. The first kappa shape index (κ1) is 33.3. The van der Waals surface area contributed by atoms with Crippen LogP contribution < -0.4 is 0 Å². The van der Waals surface area contributed by atoms with Gasteiger partial charge in [-0.05, 0) is 98.2 Å². The van der Waals surface area contributed by atoms with Gasteiger partial charge in [0.2, 0.25) is 0 Å². The van der Waals surface area contributed by atoms with Gasteiger partial charge in [0.1, 0.15) is 12.7 Å². The van der Waals surface area contributed by atoms with Gasteiger partial charge in [0, 0.05) is 26.2 Å². The minimum atomic E-state index is -1.09. The van der Waals surface area contributed by atoms with Gasteiger partial charge in [-0.2, -0.15) is 0 Å². The quantitative estimate of drug-likeness (QED) is 0.212. The summed E-state index contributed by atoms with van der Waals surface area (Å²) in [7, 11) is 0. The molecule has 4 rings (SSSR count). The molecule has 4 aliphatic carbocycles. The highest BCUT2D eigenvalue weighted by Crippen LogP contribution is 2.61. The number of ether oxygens (including phenoxy) is 3. The van der Waals surface area contributed by atoms with Crippen LogP contribution in [0.2, 0.25) is 0 Å². The third kappa shape index (κ3) is 6.15. The molecule has 0 saturated heterocycles. The molecule has 4 fully saturated rings. The van der Waals surface area contributed by atoms with E-state index in [0.717, 1.165) is 32.1 Å². The summed E-state index contributed by atoms with van der Waals surface area (Å²) in [5.41, 5.74) is -1.62. The fourth-order valence-corrected chi connectivity index (χ4v) is 9.94. The molecule has 0 bridgehead atoms. The molecule has 238 valence electrons. The van der Waals surface area contributed by atoms with E-state index < -0.39 is 47.2 Å². The second-order valence-electron chi connectivity index (χ2n) is 14.0. The van der Waals surface area contributed by atoms with Crippen molar-refractivity contribution in [1.29, 1.82) is 0 Å². The van der Waals surface area contributed by atoms with Gasteiger partial charge < -0.3 is 29.5 Å². The predicted octanol–water partition coefficient (Wildman–Crippen LogP) is 3.63. The summed E-state index contributed by atoms with van der Waals surface area (Å²) in [5.74, 6) is -0.447. The minimum Gasteiger partial charge on any atom is -0.465 e. The highest BCUT2D eigenvalue weighted by Gasteiger charge is 2.64. The standard InChI is InChI=1S/C32H50O9S/c1-17-12-22-13-21(14-28(37)32(22,16-40-19(3)34)30(29(17)38)41-20(4)35)23-6-8-26-25(24(23)10-11-42)7-9-27(36)31(26,5)15-39-18(2)33/h11,17,21-30,36-38H,6-10,12-16H2,1-5H3/t17?,21?,22?,23?,24?,25?,26?,27?,28-,29?,30+,31-,32+/m1/s1. The molecule has 0 radical (unpaired) electrons. The first-order valence-corrected chi connectivity index (χ1v) is 16.1. The van der Waals surface area contributed by atoms with Gasteiger partial charge in [0.15, 0.2) is 0 Å². The van der Waals surface area contributed by atoms with E-state index in [0.29, 0.717) is 25.2 Å². The van der Waals surface area contributed by atoms with Gasteiger partial charge in [-0.1, -0.05) is 26.1 Å². The molecule has 0 aromatic rings. The zero-order chi connectivity index (χ0) is 31.0. The Morgan fingerprint density at radius 2 is 1.50 bits per heavy atom. The molecular formula is C32H50O9S. The van der Waals surface area contributed by atoms with Gasteiger partial charge in [0.05, 0.1) is 30.3 Å². The number of esters is 3. The van der Waals surface area contributed by atoms with Crippen LogP contribution in [0.5, 0.6) is 0 Å². The van der Waals surface area contributed by atoms with Crippen LogP contribution in [0.15, 0.2) is 0 Å². The van der Waals surface area contributed by atoms with Gasteiger partial charge >= 0.3 is 17.9 Å². The molecule has 0 amide bonds. The first-order valence-electron chi connectivity index (χ1n) is 15.7. The normalized spacial score (nSPS) is 45.1. The molecule has 0 heterocycles. The number of fused-ring (bicyclic) bond motifs is 2. The smallest absolute Gasteiger partial charge is 0.303 e. The molecule has 3 N–H and O–H groups in total. The Kier molecular flexibility index (Phi) is 10.4. The maximum Gasteiger partial charge on any atom is 0.303 e. The Morgan fingerprint density at radius 3 is 2.12 bits per heavy atom. The maximum atomic E-state index is 12.2. The van der Waals surface area contributed by atoms with Crippen LogP contribution in [0, 0.1) is 52.3 Å². The summed E-state index contributed by atoms with van der Waals surface area (Å²) >= 11 is 5.41. The molecular weight excluding hydrogens is 560 g/mol. The Morgan fingerprint density at radius 1 is 0.857 bits per heavy atom. The third-order valence-corrected chi connectivity index (χ3v) is 12.0. The van der Waals surface area contributed by atoms with Crippen molar-refractivity contribution in [2.75, 3.05) is 13.2 Å². The molecule has 0 aromatic heterocycles. The first-order chi connectivity index (χ1) is 19.8.